The number of carbonyl (C=O) groups is 2. The van der Waals surface area contributed by atoms with Gasteiger partial charge in [0.05, 0.1) is 11.5 Å². The van der Waals surface area contributed by atoms with Gasteiger partial charge in [-0.1, -0.05) is 146 Å². The van der Waals surface area contributed by atoms with Crippen LogP contribution in [0.1, 0.15) is 104 Å². The molecule has 4 aromatic heterocycles. The molecule has 0 saturated heterocycles. The van der Waals surface area contributed by atoms with Crippen molar-refractivity contribution in [1.29, 1.82) is 0 Å². The topological polar surface area (TPSA) is 126 Å². The van der Waals surface area contributed by atoms with Gasteiger partial charge in [-0.25, -0.2) is 0 Å². The summed E-state index contributed by atoms with van der Waals surface area (Å²) in [5.74, 6) is 0.917. The smallest absolute Gasteiger partial charge is 0.159 e. The average Bonchev–Trinajstić information content (AvgIpc) is 1.01. The molecule has 0 fully saturated rings. The zero-order valence-electron chi connectivity index (χ0n) is 54.5. The molecular formula is C80H84Ir4N4O4-4. The Kier molecular flexibility index (Phi) is 40.1. The number of pyridine rings is 4. The molecule has 2 N–H and O–H groups in total. The van der Waals surface area contributed by atoms with E-state index in [1.807, 2.05) is 175 Å². The van der Waals surface area contributed by atoms with Crippen molar-refractivity contribution < 1.29 is 100 Å². The van der Waals surface area contributed by atoms with Crippen LogP contribution in [0.3, 0.4) is 0 Å². The van der Waals surface area contributed by atoms with Crippen molar-refractivity contribution in [2.45, 2.75) is 108 Å². The molecule has 0 aliphatic carbocycles. The summed E-state index contributed by atoms with van der Waals surface area (Å²) in [5.41, 5.74) is 18.1. The Morgan fingerprint density at radius 2 is 0.935 bits per heavy atom. The van der Waals surface area contributed by atoms with Crippen molar-refractivity contribution in [3.05, 3.63) is 289 Å². The molecule has 10 rings (SSSR count). The van der Waals surface area contributed by atoms with Gasteiger partial charge >= 0.3 is 0 Å². The molecule has 92 heavy (non-hydrogen) atoms. The number of allylic oxidation sites excluding steroid dienone is 4. The van der Waals surface area contributed by atoms with E-state index in [-0.39, 0.29) is 109 Å². The van der Waals surface area contributed by atoms with Crippen LogP contribution in [-0.4, -0.2) is 41.7 Å². The van der Waals surface area contributed by atoms with Crippen molar-refractivity contribution in [1.82, 2.24) is 19.9 Å². The summed E-state index contributed by atoms with van der Waals surface area (Å²) in [5, 5.41) is 17.7. The minimum atomic E-state index is -0.125. The molecule has 0 spiro atoms. The van der Waals surface area contributed by atoms with Gasteiger partial charge in [0.2, 0.25) is 0 Å². The third kappa shape index (κ3) is 31.0. The number of aryl methyl sites for hydroxylation is 3. The Hall–Kier alpha value is -7.06. The molecule has 0 atom stereocenters. The molecule has 0 bridgehead atoms. The zero-order valence-corrected chi connectivity index (χ0v) is 64.1. The van der Waals surface area contributed by atoms with Gasteiger partial charge < -0.3 is 30.1 Å². The molecule has 4 heterocycles. The predicted octanol–water partition coefficient (Wildman–Crippen LogP) is 20.1. The second-order valence-corrected chi connectivity index (χ2v) is 22.9. The molecule has 488 valence electrons. The Balaban J connectivity index is 0.000000560. The molecular weight excluding hydrogens is 1850 g/mol. The van der Waals surface area contributed by atoms with Gasteiger partial charge in [-0.05, 0) is 120 Å². The van der Waals surface area contributed by atoms with Gasteiger partial charge in [0.1, 0.15) is 0 Å². The van der Waals surface area contributed by atoms with Crippen molar-refractivity contribution in [2.24, 2.45) is 11.8 Å². The van der Waals surface area contributed by atoms with E-state index in [4.69, 9.17) is 5.11 Å². The number of rotatable bonds is 13. The molecule has 8 nitrogen and oxygen atoms in total. The Bertz CT molecular complexity index is 3730. The second-order valence-electron chi connectivity index (χ2n) is 22.9. The second kappa shape index (κ2) is 44.5. The van der Waals surface area contributed by atoms with Crippen LogP contribution in [0.5, 0.6) is 0 Å². The number of carbonyl (C=O) groups excluding carboxylic acids is 2. The normalized spacial score (nSPS) is 10.5. The van der Waals surface area contributed by atoms with Gasteiger partial charge in [0.25, 0.3) is 0 Å². The maximum absolute atomic E-state index is 11.2. The first-order valence-corrected chi connectivity index (χ1v) is 29.8. The Labute approximate surface area is 602 Å². The average molecular weight is 1930 g/mol. The largest absolute Gasteiger partial charge is 0.512 e. The van der Waals surface area contributed by atoms with E-state index in [0.717, 1.165) is 51.5 Å². The molecule has 4 radical (unpaired) electrons. The van der Waals surface area contributed by atoms with E-state index in [9.17, 15) is 14.7 Å². The summed E-state index contributed by atoms with van der Waals surface area (Å²) in [6.07, 6.45) is 12.2. The summed E-state index contributed by atoms with van der Waals surface area (Å²) >= 11 is 0. The van der Waals surface area contributed by atoms with Gasteiger partial charge in [0.15, 0.2) is 11.6 Å². The number of hydrogen-bond donors (Lipinski definition) is 2. The van der Waals surface area contributed by atoms with Crippen LogP contribution in [0.15, 0.2) is 243 Å². The number of aliphatic hydroxyl groups excluding tert-OH is 2. The van der Waals surface area contributed by atoms with Crippen LogP contribution in [0.2, 0.25) is 0 Å². The first-order chi connectivity index (χ1) is 42.2. The number of hydrogen-bond acceptors (Lipinski definition) is 8. The summed E-state index contributed by atoms with van der Waals surface area (Å²) in [6.45, 7) is 23.8. The number of benzene rings is 6. The molecule has 0 amide bonds. The summed E-state index contributed by atoms with van der Waals surface area (Å²) in [4.78, 5) is 39.0. The van der Waals surface area contributed by atoms with Gasteiger partial charge in [0, 0.05) is 136 Å². The molecule has 0 unspecified atom stereocenters. The zero-order chi connectivity index (χ0) is 63.8. The van der Waals surface area contributed by atoms with Crippen LogP contribution in [-0.2, 0) is 102 Å². The number of ketones is 2. The molecule has 10 aromatic rings. The number of nitrogens with zero attached hydrogens (tertiary/aromatic N) is 4. The maximum atomic E-state index is 11.2. The van der Waals surface area contributed by atoms with E-state index < -0.39 is 0 Å². The molecule has 0 aliphatic rings. The Morgan fingerprint density at radius 3 is 1.36 bits per heavy atom. The van der Waals surface area contributed by atoms with E-state index in [1.165, 1.54) is 70.5 Å². The van der Waals surface area contributed by atoms with Gasteiger partial charge in [-0.3, -0.25) is 9.59 Å². The SMILES string of the molecule is CC(=O)C=C(C)O.CC(C)(C)c1ccnc(-c2[c-]cccc2)c1.CC(C)CC(=O)C=C(O)CC(C)C.CCc1cc(-c2[c-]cccc2)ncc1-c1ccccc1.Cc1ccc(-c2[c-]cccc2)nc1.Cc1ccc(-c2ccnc(-c3[c-]cccc3)c2)cc1.[Ir].[Ir].[Ir].[Ir]. The predicted molar refractivity (Wildman–Crippen MR) is 364 cm³/mol. The minimum absolute atomic E-state index is 0. The van der Waals surface area contributed by atoms with Crippen LogP contribution in [0.25, 0.3) is 67.3 Å². The third-order valence-corrected chi connectivity index (χ3v) is 13.0. The first kappa shape index (κ1) is 82.9. The van der Waals surface area contributed by atoms with Crippen molar-refractivity contribution in [2.75, 3.05) is 0 Å². The fourth-order valence-electron chi connectivity index (χ4n) is 8.62. The van der Waals surface area contributed by atoms with E-state index >= 15 is 0 Å². The van der Waals surface area contributed by atoms with E-state index in [1.54, 1.807) is 0 Å². The van der Waals surface area contributed by atoms with Crippen molar-refractivity contribution in [3.63, 3.8) is 0 Å². The quantitative estimate of drug-likeness (QED) is 0.0664. The third-order valence-electron chi connectivity index (χ3n) is 13.0. The summed E-state index contributed by atoms with van der Waals surface area (Å²) in [7, 11) is 0. The van der Waals surface area contributed by atoms with Crippen LogP contribution >= 0.6 is 0 Å². The van der Waals surface area contributed by atoms with Crippen molar-refractivity contribution in [3.8, 4) is 67.3 Å². The van der Waals surface area contributed by atoms with E-state index in [0.29, 0.717) is 24.7 Å². The summed E-state index contributed by atoms with van der Waals surface area (Å²) in [6, 6.07) is 78.0. The van der Waals surface area contributed by atoms with E-state index in [2.05, 4.69) is 158 Å². The Morgan fingerprint density at radius 1 is 0.478 bits per heavy atom. The minimum Gasteiger partial charge on any atom is -0.512 e. The number of aromatic nitrogens is 4. The molecule has 12 heteroatoms. The van der Waals surface area contributed by atoms with Crippen LogP contribution in [0.4, 0.5) is 0 Å². The standard InChI is InChI=1S/C19H16N.C18H14N.C15H16N.C12H10N.C11H20O2.C5H8O2.4Ir/c1-2-15-13-19(17-11-7-4-8-12-17)20-14-18(15)16-9-5-3-6-10-16;1-14-7-9-15(10-8-14)17-11-12-19-18(13-17)16-5-3-2-4-6-16;1-15(2,3)13-9-10-16-14(11-13)12-7-5-4-6-8-12;1-10-7-8-12(13-9-10)11-5-3-2-4-6-11;1-8(2)5-10(12)7-11(13)6-9(3)4;1-4(6)3-5(2)7;;;;/h3-11,13-14H,2H2,1H3;2-5,7-13H,1H3;4-7,9-11H,1-3H3;2-5,7-9H,1H3;7-9,12H,5-6H2,1-4H3;3,6H,1-2H3;;;;/q4*-1;;;;;;. The van der Waals surface area contributed by atoms with Gasteiger partial charge in [-0.2, -0.15) is 0 Å². The maximum Gasteiger partial charge on any atom is 0.159 e. The monoisotopic (exact) mass is 1940 g/mol. The van der Waals surface area contributed by atoms with Gasteiger partial charge in [-0.15, -0.1) is 144 Å². The fourth-order valence-corrected chi connectivity index (χ4v) is 8.62. The fraction of sp³-hybridized carbons (Fsp3) is 0.225. The van der Waals surface area contributed by atoms with Crippen LogP contribution in [0, 0.1) is 49.9 Å². The molecule has 6 aromatic carbocycles. The van der Waals surface area contributed by atoms with Crippen LogP contribution < -0.4 is 0 Å². The molecule has 0 aliphatic heterocycles. The van der Waals surface area contributed by atoms with Crippen molar-refractivity contribution >= 4 is 11.6 Å². The first-order valence-electron chi connectivity index (χ1n) is 29.8. The summed E-state index contributed by atoms with van der Waals surface area (Å²) < 4.78 is 0. The number of aliphatic hydroxyl groups is 2. The molecule has 0 saturated carbocycles.